The zero-order valence-corrected chi connectivity index (χ0v) is 13.2. The van der Waals surface area contributed by atoms with Gasteiger partial charge < -0.3 is 9.64 Å². The van der Waals surface area contributed by atoms with Gasteiger partial charge in [0.05, 0.1) is 24.4 Å². The number of carbonyl (C=O) groups is 1. The van der Waals surface area contributed by atoms with Crippen LogP contribution in [0.15, 0.2) is 24.5 Å². The number of methoxy groups -OCH3 is 1. The highest BCUT2D eigenvalue weighted by Crippen LogP contribution is 2.43. The number of fused-ring (bicyclic) bond motifs is 4. The summed E-state index contributed by atoms with van der Waals surface area (Å²) in [6.45, 7) is 1.91. The number of pyridine rings is 1. The van der Waals surface area contributed by atoms with Gasteiger partial charge in [0, 0.05) is 36.5 Å². The number of carbonyl (C=O) groups excluding carboxylic acids is 1. The van der Waals surface area contributed by atoms with Crippen molar-refractivity contribution in [3.05, 3.63) is 47.2 Å². The molecule has 4 rings (SSSR count). The summed E-state index contributed by atoms with van der Waals surface area (Å²) < 4.78 is 5.05. The minimum Gasteiger partial charge on any atom is -0.481 e. The van der Waals surface area contributed by atoms with Crippen molar-refractivity contribution in [1.29, 1.82) is 0 Å². The van der Waals surface area contributed by atoms with E-state index in [1.165, 1.54) is 0 Å². The van der Waals surface area contributed by atoms with Crippen molar-refractivity contribution in [2.75, 3.05) is 7.11 Å². The van der Waals surface area contributed by atoms with Crippen molar-refractivity contribution in [1.82, 2.24) is 19.9 Å². The highest BCUT2D eigenvalue weighted by molar-refractivity contribution is 5.95. The van der Waals surface area contributed by atoms with E-state index in [9.17, 15) is 4.79 Å². The van der Waals surface area contributed by atoms with Crippen LogP contribution in [0, 0.1) is 6.92 Å². The van der Waals surface area contributed by atoms with Crippen molar-refractivity contribution in [2.45, 2.75) is 38.3 Å². The Labute approximate surface area is 134 Å². The van der Waals surface area contributed by atoms with Crippen LogP contribution >= 0.6 is 0 Å². The molecule has 1 fully saturated rings. The molecule has 0 radical (unpaired) electrons. The van der Waals surface area contributed by atoms with Gasteiger partial charge in [-0.15, -0.1) is 0 Å². The highest BCUT2D eigenvalue weighted by atomic mass is 16.5. The van der Waals surface area contributed by atoms with Gasteiger partial charge in [0.2, 0.25) is 5.88 Å². The molecule has 1 amide bonds. The summed E-state index contributed by atoms with van der Waals surface area (Å²) in [6, 6.07) is 3.80. The first-order chi connectivity index (χ1) is 11.2. The molecule has 2 atom stereocenters. The van der Waals surface area contributed by atoms with Crippen LogP contribution in [-0.2, 0) is 6.42 Å². The molecule has 0 aromatic carbocycles. The Hall–Kier alpha value is -2.50. The van der Waals surface area contributed by atoms with E-state index in [2.05, 4.69) is 15.0 Å². The summed E-state index contributed by atoms with van der Waals surface area (Å²) >= 11 is 0. The maximum Gasteiger partial charge on any atom is 0.256 e. The van der Waals surface area contributed by atoms with Gasteiger partial charge in [-0.25, -0.2) is 15.0 Å². The second kappa shape index (κ2) is 5.30. The third-order valence-corrected chi connectivity index (χ3v) is 4.74. The van der Waals surface area contributed by atoms with Gasteiger partial charge in [-0.3, -0.25) is 4.79 Å². The van der Waals surface area contributed by atoms with E-state index in [0.717, 1.165) is 36.3 Å². The zero-order chi connectivity index (χ0) is 16.0. The summed E-state index contributed by atoms with van der Waals surface area (Å²) in [5.41, 5.74) is 2.79. The first kappa shape index (κ1) is 14.1. The molecule has 2 aromatic heterocycles. The monoisotopic (exact) mass is 310 g/mol. The van der Waals surface area contributed by atoms with Crippen LogP contribution < -0.4 is 4.74 Å². The van der Waals surface area contributed by atoms with Crippen molar-refractivity contribution in [2.24, 2.45) is 0 Å². The fourth-order valence-electron chi connectivity index (χ4n) is 3.66. The van der Waals surface area contributed by atoms with Gasteiger partial charge in [-0.05, 0) is 25.8 Å². The third-order valence-electron chi connectivity index (χ3n) is 4.74. The summed E-state index contributed by atoms with van der Waals surface area (Å²) in [4.78, 5) is 28.0. The standard InChI is InChI=1S/C17H18N4O2/c1-10-18-9-13-14(20-10)7-12-4-5-15(13)21(12)17(22)11-3-6-16(23-2)19-8-11/h3,6,8-9,12,15H,4-5,7H2,1-2H3/t12-,15+/m0/s1. The number of ether oxygens (including phenoxy) is 1. The Bertz CT molecular complexity index is 760. The quantitative estimate of drug-likeness (QED) is 0.849. The summed E-state index contributed by atoms with van der Waals surface area (Å²) in [5.74, 6) is 1.33. The molecule has 2 aromatic rings. The van der Waals surface area contributed by atoms with E-state index in [1.807, 2.05) is 18.0 Å². The molecular weight excluding hydrogens is 292 g/mol. The lowest BCUT2D eigenvalue weighted by Crippen LogP contribution is -2.42. The number of aromatic nitrogens is 3. The van der Waals surface area contributed by atoms with Gasteiger partial charge in [-0.2, -0.15) is 0 Å². The molecule has 0 unspecified atom stereocenters. The molecule has 2 aliphatic heterocycles. The van der Waals surface area contributed by atoms with E-state index in [1.54, 1.807) is 25.4 Å². The predicted molar refractivity (Wildman–Crippen MR) is 83.2 cm³/mol. The smallest absolute Gasteiger partial charge is 0.256 e. The average Bonchev–Trinajstić information content (AvgIpc) is 2.89. The van der Waals surface area contributed by atoms with E-state index in [4.69, 9.17) is 4.74 Å². The lowest BCUT2D eigenvalue weighted by molar-refractivity contribution is 0.0643. The number of hydrogen-bond donors (Lipinski definition) is 0. The molecule has 4 heterocycles. The molecular formula is C17H18N4O2. The van der Waals surface area contributed by atoms with E-state index in [-0.39, 0.29) is 18.0 Å². The highest BCUT2D eigenvalue weighted by Gasteiger charge is 2.43. The largest absolute Gasteiger partial charge is 0.481 e. The number of rotatable bonds is 2. The zero-order valence-electron chi connectivity index (χ0n) is 13.2. The topological polar surface area (TPSA) is 68.2 Å². The van der Waals surface area contributed by atoms with Crippen LogP contribution in [0.25, 0.3) is 0 Å². The van der Waals surface area contributed by atoms with Crippen LogP contribution in [0.4, 0.5) is 0 Å². The van der Waals surface area contributed by atoms with Crippen molar-refractivity contribution >= 4 is 5.91 Å². The fourth-order valence-corrected chi connectivity index (χ4v) is 3.66. The molecule has 6 heteroatoms. The van der Waals surface area contributed by atoms with Gasteiger partial charge in [0.15, 0.2) is 0 Å². The van der Waals surface area contributed by atoms with Crippen LogP contribution in [-0.4, -0.2) is 38.9 Å². The molecule has 0 saturated carbocycles. The second-order valence-electron chi connectivity index (χ2n) is 6.07. The summed E-state index contributed by atoms with van der Waals surface area (Å²) in [6.07, 6.45) is 6.26. The number of amides is 1. The van der Waals surface area contributed by atoms with Gasteiger partial charge in [-0.1, -0.05) is 0 Å². The maximum absolute atomic E-state index is 12.9. The van der Waals surface area contributed by atoms with Gasteiger partial charge >= 0.3 is 0 Å². The Morgan fingerprint density at radius 3 is 2.87 bits per heavy atom. The lowest BCUT2D eigenvalue weighted by Gasteiger charge is -2.35. The van der Waals surface area contributed by atoms with E-state index in [0.29, 0.717) is 11.4 Å². The SMILES string of the molecule is COc1ccc(C(=O)N2[C@H]3CC[C@@H]2c2cnc(C)nc2C3)cn1. The average molecular weight is 310 g/mol. The molecule has 2 aliphatic rings. The van der Waals surface area contributed by atoms with Crippen LogP contribution in [0.5, 0.6) is 5.88 Å². The normalized spacial score (nSPS) is 21.9. The Kier molecular flexibility index (Phi) is 3.25. The van der Waals surface area contributed by atoms with Crippen molar-refractivity contribution in [3.63, 3.8) is 0 Å². The fraction of sp³-hybridized carbons (Fsp3) is 0.412. The Morgan fingerprint density at radius 1 is 1.26 bits per heavy atom. The first-order valence-corrected chi connectivity index (χ1v) is 7.82. The molecule has 2 bridgehead atoms. The van der Waals surface area contributed by atoms with Crippen LogP contribution in [0.1, 0.15) is 46.3 Å². The van der Waals surface area contributed by atoms with Gasteiger partial charge in [0.25, 0.3) is 5.91 Å². The van der Waals surface area contributed by atoms with Gasteiger partial charge in [0.1, 0.15) is 5.82 Å². The Balaban J connectivity index is 1.67. The van der Waals surface area contributed by atoms with Crippen molar-refractivity contribution < 1.29 is 9.53 Å². The predicted octanol–water partition coefficient (Wildman–Crippen LogP) is 2.09. The van der Waals surface area contributed by atoms with Crippen LogP contribution in [0.2, 0.25) is 0 Å². The lowest BCUT2D eigenvalue weighted by atomic mass is 9.98. The minimum atomic E-state index is 0.0267. The molecule has 1 saturated heterocycles. The first-order valence-electron chi connectivity index (χ1n) is 7.82. The van der Waals surface area contributed by atoms with Crippen molar-refractivity contribution in [3.8, 4) is 5.88 Å². The molecule has 6 nitrogen and oxygen atoms in total. The Morgan fingerprint density at radius 2 is 2.13 bits per heavy atom. The van der Waals surface area contributed by atoms with E-state index < -0.39 is 0 Å². The number of hydrogen-bond acceptors (Lipinski definition) is 5. The van der Waals surface area contributed by atoms with Crippen LogP contribution in [0.3, 0.4) is 0 Å². The summed E-state index contributed by atoms with van der Waals surface area (Å²) in [7, 11) is 1.56. The number of nitrogens with zero attached hydrogens (tertiary/aromatic N) is 4. The molecule has 118 valence electrons. The summed E-state index contributed by atoms with van der Waals surface area (Å²) in [5, 5.41) is 0. The molecule has 0 aliphatic carbocycles. The molecule has 0 N–H and O–H groups in total. The minimum absolute atomic E-state index is 0.0267. The molecule has 0 spiro atoms. The second-order valence-corrected chi connectivity index (χ2v) is 6.07. The maximum atomic E-state index is 12.9. The number of aryl methyl sites for hydroxylation is 1. The molecule has 23 heavy (non-hydrogen) atoms. The third kappa shape index (κ3) is 2.25. The van der Waals surface area contributed by atoms with E-state index >= 15 is 0 Å².